The molecule has 2 aromatic carbocycles. The van der Waals surface area contributed by atoms with E-state index in [0.717, 1.165) is 35.7 Å². The lowest BCUT2D eigenvalue weighted by Crippen LogP contribution is -2.25. The Labute approximate surface area is 183 Å². The van der Waals surface area contributed by atoms with Crippen LogP contribution in [0.25, 0.3) is 22.2 Å². The number of carbonyl (C=O) groups is 1. The number of ether oxygens (including phenoxy) is 2. The first kappa shape index (κ1) is 20.9. The third-order valence-corrected chi connectivity index (χ3v) is 5.76. The lowest BCUT2D eigenvalue weighted by atomic mass is 9.97. The average Bonchev–Trinajstić information content (AvgIpc) is 2.83. The smallest absolute Gasteiger partial charge is 0.252 e. The molecule has 1 amide bonds. The normalized spacial score (nSPS) is 13.5. The summed E-state index contributed by atoms with van der Waals surface area (Å²) in [5, 5.41) is 3.95. The molecule has 4 rings (SSSR count). The first-order valence-electron chi connectivity index (χ1n) is 10.8. The maximum Gasteiger partial charge on any atom is 0.252 e. The van der Waals surface area contributed by atoms with E-state index >= 15 is 0 Å². The maximum absolute atomic E-state index is 13.1. The van der Waals surface area contributed by atoms with Crippen LogP contribution in [0.15, 0.2) is 60.2 Å². The van der Waals surface area contributed by atoms with Gasteiger partial charge in [-0.15, -0.1) is 0 Å². The number of nitrogens with zero attached hydrogens (tertiary/aromatic N) is 1. The highest BCUT2D eigenvalue weighted by atomic mass is 16.5. The van der Waals surface area contributed by atoms with Crippen molar-refractivity contribution in [2.24, 2.45) is 0 Å². The minimum atomic E-state index is -0.0799. The number of hydrogen-bond acceptors (Lipinski definition) is 4. The standard InChI is InChI=1S/C26H28N2O3/c1-30-19-12-13-21(25(16-19)31-2)24-17-22(20-10-6-7-11-23(20)28-24)26(29)27-15-14-18-8-4-3-5-9-18/h6-8,10-13,16-17H,3-5,9,14-15H2,1-2H3,(H,27,29). The van der Waals surface area contributed by atoms with Crippen molar-refractivity contribution in [1.82, 2.24) is 10.3 Å². The van der Waals surface area contributed by atoms with Crippen LogP contribution in [0.4, 0.5) is 0 Å². The Hall–Kier alpha value is -3.34. The molecule has 0 radical (unpaired) electrons. The Bertz CT molecular complexity index is 1120. The largest absolute Gasteiger partial charge is 0.497 e. The number of para-hydroxylation sites is 1. The molecule has 1 aromatic heterocycles. The SMILES string of the molecule is COc1ccc(-c2cc(C(=O)NCCC3=CCCCC3)c3ccccc3n2)c(OC)c1. The number of fused-ring (bicyclic) bond motifs is 1. The predicted octanol–water partition coefficient (Wildman–Crippen LogP) is 5.54. The molecule has 1 heterocycles. The van der Waals surface area contributed by atoms with Crippen LogP contribution in [-0.2, 0) is 0 Å². The van der Waals surface area contributed by atoms with E-state index in [1.54, 1.807) is 14.2 Å². The number of nitrogens with one attached hydrogen (secondary N) is 1. The molecule has 0 fully saturated rings. The lowest BCUT2D eigenvalue weighted by molar-refractivity contribution is 0.0955. The van der Waals surface area contributed by atoms with E-state index in [0.29, 0.717) is 29.3 Å². The molecule has 0 saturated heterocycles. The van der Waals surface area contributed by atoms with Crippen LogP contribution in [0, 0.1) is 0 Å². The van der Waals surface area contributed by atoms with Gasteiger partial charge in [-0.1, -0.05) is 29.8 Å². The summed E-state index contributed by atoms with van der Waals surface area (Å²) in [6.07, 6.45) is 8.07. The average molecular weight is 417 g/mol. The van der Waals surface area contributed by atoms with Gasteiger partial charge in [0, 0.05) is 23.6 Å². The van der Waals surface area contributed by atoms with Crippen LogP contribution in [0.1, 0.15) is 42.5 Å². The highest BCUT2D eigenvalue weighted by Crippen LogP contribution is 2.34. The van der Waals surface area contributed by atoms with Crippen LogP contribution in [0.2, 0.25) is 0 Å². The summed E-state index contributed by atoms with van der Waals surface area (Å²) in [5.41, 5.74) is 4.36. The van der Waals surface area contributed by atoms with Crippen molar-refractivity contribution in [3.63, 3.8) is 0 Å². The number of aromatic nitrogens is 1. The van der Waals surface area contributed by atoms with Crippen LogP contribution in [0.5, 0.6) is 11.5 Å². The van der Waals surface area contributed by atoms with E-state index in [-0.39, 0.29) is 5.91 Å². The number of benzene rings is 2. The number of pyridine rings is 1. The summed E-state index contributed by atoms with van der Waals surface area (Å²) in [7, 11) is 3.24. The second-order valence-electron chi connectivity index (χ2n) is 7.75. The molecule has 0 unspecified atom stereocenters. The third-order valence-electron chi connectivity index (χ3n) is 5.76. The molecule has 0 spiro atoms. The molecule has 1 aliphatic rings. The summed E-state index contributed by atoms with van der Waals surface area (Å²) < 4.78 is 10.9. The fourth-order valence-electron chi connectivity index (χ4n) is 4.07. The predicted molar refractivity (Wildman–Crippen MR) is 124 cm³/mol. The molecule has 160 valence electrons. The van der Waals surface area contributed by atoms with E-state index < -0.39 is 0 Å². The maximum atomic E-state index is 13.1. The molecule has 1 aliphatic carbocycles. The minimum absolute atomic E-state index is 0.0799. The number of hydrogen-bond donors (Lipinski definition) is 1. The van der Waals surface area contributed by atoms with Crippen molar-refractivity contribution in [3.05, 3.63) is 65.7 Å². The quantitative estimate of drug-likeness (QED) is 0.514. The second kappa shape index (κ2) is 9.65. The van der Waals surface area contributed by atoms with Crippen molar-refractivity contribution in [3.8, 4) is 22.8 Å². The second-order valence-corrected chi connectivity index (χ2v) is 7.75. The van der Waals surface area contributed by atoms with Crippen LogP contribution in [-0.4, -0.2) is 31.7 Å². The summed E-state index contributed by atoms with van der Waals surface area (Å²) in [6.45, 7) is 0.641. The molecular formula is C26H28N2O3. The van der Waals surface area contributed by atoms with Gasteiger partial charge < -0.3 is 14.8 Å². The van der Waals surface area contributed by atoms with E-state index in [1.807, 2.05) is 48.5 Å². The van der Waals surface area contributed by atoms with Gasteiger partial charge in [-0.05, 0) is 56.4 Å². The first-order chi connectivity index (χ1) is 15.2. The zero-order valence-corrected chi connectivity index (χ0v) is 18.1. The molecule has 31 heavy (non-hydrogen) atoms. The number of amides is 1. The molecular weight excluding hydrogens is 388 g/mol. The van der Waals surface area contributed by atoms with Gasteiger partial charge in [-0.25, -0.2) is 4.98 Å². The molecule has 0 atom stereocenters. The van der Waals surface area contributed by atoms with Gasteiger partial charge in [0.1, 0.15) is 11.5 Å². The zero-order valence-electron chi connectivity index (χ0n) is 18.1. The van der Waals surface area contributed by atoms with Crippen LogP contribution >= 0.6 is 0 Å². The summed E-state index contributed by atoms with van der Waals surface area (Å²) >= 11 is 0. The monoisotopic (exact) mass is 416 g/mol. The van der Waals surface area contributed by atoms with Gasteiger partial charge in [0.2, 0.25) is 0 Å². The summed E-state index contributed by atoms with van der Waals surface area (Å²) in [6, 6.07) is 15.2. The highest BCUT2D eigenvalue weighted by Gasteiger charge is 2.16. The molecule has 1 N–H and O–H groups in total. The Morgan fingerprint density at radius 2 is 1.94 bits per heavy atom. The first-order valence-corrected chi connectivity index (χ1v) is 10.8. The van der Waals surface area contributed by atoms with Gasteiger partial charge in [0.15, 0.2) is 0 Å². The van der Waals surface area contributed by atoms with E-state index in [2.05, 4.69) is 11.4 Å². The Kier molecular flexibility index (Phi) is 6.51. The van der Waals surface area contributed by atoms with E-state index in [1.165, 1.54) is 18.4 Å². The van der Waals surface area contributed by atoms with Crippen LogP contribution in [0.3, 0.4) is 0 Å². The topological polar surface area (TPSA) is 60.5 Å². The van der Waals surface area contributed by atoms with Gasteiger partial charge in [0.05, 0.1) is 31.0 Å². The Balaban J connectivity index is 1.65. The van der Waals surface area contributed by atoms with Crippen molar-refractivity contribution < 1.29 is 14.3 Å². The van der Waals surface area contributed by atoms with Gasteiger partial charge >= 0.3 is 0 Å². The highest BCUT2D eigenvalue weighted by molar-refractivity contribution is 6.07. The van der Waals surface area contributed by atoms with Crippen molar-refractivity contribution >= 4 is 16.8 Å². The number of allylic oxidation sites excluding steroid dienone is 1. The fourth-order valence-corrected chi connectivity index (χ4v) is 4.07. The van der Waals surface area contributed by atoms with Gasteiger partial charge in [-0.2, -0.15) is 0 Å². The lowest BCUT2D eigenvalue weighted by Gasteiger charge is -2.15. The van der Waals surface area contributed by atoms with Crippen molar-refractivity contribution in [1.29, 1.82) is 0 Å². The van der Waals surface area contributed by atoms with Gasteiger partial charge in [0.25, 0.3) is 5.91 Å². The molecule has 3 aromatic rings. The minimum Gasteiger partial charge on any atom is -0.497 e. The molecule has 5 nitrogen and oxygen atoms in total. The fraction of sp³-hybridized carbons (Fsp3) is 0.308. The molecule has 0 bridgehead atoms. The third kappa shape index (κ3) is 4.71. The van der Waals surface area contributed by atoms with E-state index in [4.69, 9.17) is 14.5 Å². The molecule has 0 aliphatic heterocycles. The van der Waals surface area contributed by atoms with Crippen molar-refractivity contribution in [2.75, 3.05) is 20.8 Å². The number of rotatable bonds is 7. The summed E-state index contributed by atoms with van der Waals surface area (Å²) in [5.74, 6) is 1.28. The van der Waals surface area contributed by atoms with Gasteiger partial charge in [-0.3, -0.25) is 4.79 Å². The zero-order chi connectivity index (χ0) is 21.6. The summed E-state index contributed by atoms with van der Waals surface area (Å²) in [4.78, 5) is 17.9. The number of carbonyl (C=O) groups excluding carboxylic acids is 1. The number of methoxy groups -OCH3 is 2. The molecule has 0 saturated carbocycles. The van der Waals surface area contributed by atoms with Crippen LogP contribution < -0.4 is 14.8 Å². The van der Waals surface area contributed by atoms with Crippen molar-refractivity contribution in [2.45, 2.75) is 32.1 Å². The molecule has 5 heteroatoms. The Morgan fingerprint density at radius 3 is 2.71 bits per heavy atom. The Morgan fingerprint density at radius 1 is 1.06 bits per heavy atom. The van der Waals surface area contributed by atoms with E-state index in [9.17, 15) is 4.79 Å².